The fourth-order valence-electron chi connectivity index (χ4n) is 2.98. The maximum absolute atomic E-state index is 6.12. The fourth-order valence-corrected chi connectivity index (χ4v) is 3.50. The van der Waals surface area contributed by atoms with Crippen LogP contribution in [-0.4, -0.2) is 20.2 Å². The van der Waals surface area contributed by atoms with E-state index in [1.807, 2.05) is 23.7 Å². The summed E-state index contributed by atoms with van der Waals surface area (Å²) in [5.41, 5.74) is 3.13. The van der Waals surface area contributed by atoms with Crippen LogP contribution in [0.25, 0.3) is 10.9 Å². The molecule has 0 bridgehead atoms. The Labute approximate surface area is 161 Å². The van der Waals surface area contributed by atoms with Crippen LogP contribution in [0.1, 0.15) is 25.0 Å². The van der Waals surface area contributed by atoms with Crippen LogP contribution >= 0.6 is 11.3 Å². The standard InChI is InChI=1S/C20H21N5OS/c1-13(2)8-15-9-16-18(24-25-19(16)23-20-22-6-7-27-20)17(10-15)26-12-14-4-3-5-21-11-14/h3-7,9-11,13H,8,12H2,1-2H3,(H2,22,23,24,25). The summed E-state index contributed by atoms with van der Waals surface area (Å²) in [5, 5.41) is 14.6. The average Bonchev–Trinajstić information content (AvgIpc) is 3.31. The number of ether oxygens (including phenoxy) is 1. The summed E-state index contributed by atoms with van der Waals surface area (Å²) in [6.45, 7) is 4.89. The third-order valence-corrected chi connectivity index (χ3v) is 4.80. The Morgan fingerprint density at radius 1 is 1.22 bits per heavy atom. The number of pyridine rings is 1. The third-order valence-electron chi connectivity index (χ3n) is 4.12. The van der Waals surface area contributed by atoms with Crippen LogP contribution in [-0.2, 0) is 13.0 Å². The van der Waals surface area contributed by atoms with E-state index in [0.717, 1.165) is 39.6 Å². The van der Waals surface area contributed by atoms with Crippen molar-refractivity contribution in [1.82, 2.24) is 20.2 Å². The summed E-state index contributed by atoms with van der Waals surface area (Å²) in [4.78, 5) is 8.43. The quantitative estimate of drug-likeness (QED) is 0.476. The molecule has 0 saturated heterocycles. The maximum atomic E-state index is 6.12. The lowest BCUT2D eigenvalue weighted by molar-refractivity contribution is 0.308. The van der Waals surface area contributed by atoms with Crippen LogP contribution in [0, 0.1) is 5.92 Å². The van der Waals surface area contributed by atoms with Gasteiger partial charge in [-0.05, 0) is 36.1 Å². The summed E-state index contributed by atoms with van der Waals surface area (Å²) in [6, 6.07) is 8.19. The first-order chi connectivity index (χ1) is 13.2. The molecule has 2 N–H and O–H groups in total. The molecule has 0 aliphatic heterocycles. The lowest BCUT2D eigenvalue weighted by atomic mass is 10.0. The molecule has 27 heavy (non-hydrogen) atoms. The van der Waals surface area contributed by atoms with Gasteiger partial charge in [0, 0.05) is 34.9 Å². The van der Waals surface area contributed by atoms with Crippen molar-refractivity contribution in [2.24, 2.45) is 5.92 Å². The zero-order valence-corrected chi connectivity index (χ0v) is 16.1. The number of rotatable bonds is 7. The van der Waals surface area contributed by atoms with E-state index < -0.39 is 0 Å². The van der Waals surface area contributed by atoms with Gasteiger partial charge in [0.15, 0.2) is 10.9 Å². The molecule has 0 aliphatic rings. The molecule has 4 aromatic rings. The molecule has 0 unspecified atom stereocenters. The first kappa shape index (κ1) is 17.5. The molecule has 0 fully saturated rings. The minimum Gasteiger partial charge on any atom is -0.487 e. The van der Waals surface area contributed by atoms with Crippen molar-refractivity contribution in [1.29, 1.82) is 0 Å². The molecule has 3 heterocycles. The number of aromatic nitrogens is 4. The van der Waals surface area contributed by atoms with Crippen LogP contribution in [0.5, 0.6) is 5.75 Å². The van der Waals surface area contributed by atoms with Gasteiger partial charge in [-0.2, -0.15) is 5.10 Å². The van der Waals surface area contributed by atoms with Crippen LogP contribution in [0.2, 0.25) is 0 Å². The molecule has 6 nitrogen and oxygen atoms in total. The minimum atomic E-state index is 0.461. The molecule has 0 amide bonds. The van der Waals surface area contributed by atoms with Crippen LogP contribution < -0.4 is 10.1 Å². The van der Waals surface area contributed by atoms with E-state index in [2.05, 4.69) is 51.5 Å². The van der Waals surface area contributed by atoms with Gasteiger partial charge in [0.05, 0.1) is 0 Å². The van der Waals surface area contributed by atoms with E-state index in [1.165, 1.54) is 5.56 Å². The Morgan fingerprint density at radius 2 is 2.15 bits per heavy atom. The molecule has 0 aliphatic carbocycles. The topological polar surface area (TPSA) is 75.7 Å². The number of H-pyrrole nitrogens is 1. The predicted octanol–water partition coefficient (Wildman–Crippen LogP) is 4.94. The highest BCUT2D eigenvalue weighted by molar-refractivity contribution is 7.13. The molecule has 0 radical (unpaired) electrons. The Hall–Kier alpha value is -2.93. The highest BCUT2D eigenvalue weighted by Gasteiger charge is 2.14. The second-order valence-electron chi connectivity index (χ2n) is 6.80. The normalized spacial score (nSPS) is 11.2. The minimum absolute atomic E-state index is 0.461. The number of thiazole rings is 1. The number of fused-ring (bicyclic) bond motifs is 1. The van der Waals surface area contributed by atoms with E-state index in [1.54, 1.807) is 23.7 Å². The van der Waals surface area contributed by atoms with Gasteiger partial charge in [-0.25, -0.2) is 4.98 Å². The fraction of sp³-hybridized carbons (Fsp3) is 0.250. The largest absolute Gasteiger partial charge is 0.487 e. The van der Waals surface area contributed by atoms with Crippen molar-refractivity contribution in [3.8, 4) is 5.75 Å². The summed E-state index contributed by atoms with van der Waals surface area (Å²) >= 11 is 1.54. The number of benzene rings is 1. The second-order valence-corrected chi connectivity index (χ2v) is 7.69. The van der Waals surface area contributed by atoms with Crippen molar-refractivity contribution < 1.29 is 4.74 Å². The lowest BCUT2D eigenvalue weighted by Crippen LogP contribution is -1.99. The zero-order valence-electron chi connectivity index (χ0n) is 15.3. The molecular formula is C20H21N5OS. The Morgan fingerprint density at radius 3 is 2.89 bits per heavy atom. The van der Waals surface area contributed by atoms with Gasteiger partial charge in [-0.1, -0.05) is 19.9 Å². The maximum Gasteiger partial charge on any atom is 0.188 e. The van der Waals surface area contributed by atoms with Gasteiger partial charge in [0.1, 0.15) is 17.9 Å². The lowest BCUT2D eigenvalue weighted by Gasteiger charge is -2.11. The molecule has 3 aromatic heterocycles. The third kappa shape index (κ3) is 4.09. The number of anilines is 2. The van der Waals surface area contributed by atoms with Crippen molar-refractivity contribution in [2.75, 3.05) is 5.32 Å². The molecule has 0 saturated carbocycles. The molecule has 4 rings (SSSR count). The first-order valence-corrected chi connectivity index (χ1v) is 9.76. The van der Waals surface area contributed by atoms with Crippen molar-refractivity contribution >= 4 is 33.2 Å². The van der Waals surface area contributed by atoms with E-state index in [4.69, 9.17) is 4.74 Å². The number of aromatic amines is 1. The Bertz CT molecular complexity index is 1010. The number of hydrogen-bond donors (Lipinski definition) is 2. The Kier molecular flexibility index (Phi) is 5.02. The first-order valence-electron chi connectivity index (χ1n) is 8.88. The molecule has 7 heteroatoms. The summed E-state index contributed by atoms with van der Waals surface area (Å²) in [5.74, 6) is 2.11. The molecule has 138 valence electrons. The number of hydrogen-bond acceptors (Lipinski definition) is 6. The smallest absolute Gasteiger partial charge is 0.188 e. The van der Waals surface area contributed by atoms with Gasteiger partial charge in [0.2, 0.25) is 0 Å². The number of nitrogens with one attached hydrogen (secondary N) is 2. The monoisotopic (exact) mass is 379 g/mol. The van der Waals surface area contributed by atoms with Crippen LogP contribution in [0.15, 0.2) is 48.2 Å². The Balaban J connectivity index is 1.68. The van der Waals surface area contributed by atoms with Gasteiger partial charge >= 0.3 is 0 Å². The average molecular weight is 379 g/mol. The van der Waals surface area contributed by atoms with Crippen molar-refractivity contribution in [2.45, 2.75) is 26.9 Å². The van der Waals surface area contributed by atoms with Gasteiger partial charge < -0.3 is 10.1 Å². The zero-order chi connectivity index (χ0) is 18.6. The van der Waals surface area contributed by atoms with E-state index in [9.17, 15) is 0 Å². The van der Waals surface area contributed by atoms with Gasteiger partial charge in [-0.15, -0.1) is 11.3 Å². The summed E-state index contributed by atoms with van der Waals surface area (Å²) in [6.07, 6.45) is 6.32. The molecule has 0 spiro atoms. The molecule has 0 atom stereocenters. The number of nitrogens with zero attached hydrogens (tertiary/aromatic N) is 3. The highest BCUT2D eigenvalue weighted by Crippen LogP contribution is 2.33. The van der Waals surface area contributed by atoms with Crippen molar-refractivity contribution in [3.63, 3.8) is 0 Å². The van der Waals surface area contributed by atoms with E-state index >= 15 is 0 Å². The highest BCUT2D eigenvalue weighted by atomic mass is 32.1. The van der Waals surface area contributed by atoms with Crippen molar-refractivity contribution in [3.05, 3.63) is 59.4 Å². The second kappa shape index (κ2) is 7.75. The summed E-state index contributed by atoms with van der Waals surface area (Å²) < 4.78 is 6.12. The van der Waals surface area contributed by atoms with Gasteiger partial charge in [0.25, 0.3) is 0 Å². The molecular weight excluding hydrogens is 358 g/mol. The van der Waals surface area contributed by atoms with Crippen LogP contribution in [0.3, 0.4) is 0 Å². The predicted molar refractivity (Wildman–Crippen MR) is 109 cm³/mol. The van der Waals surface area contributed by atoms with E-state index in [0.29, 0.717) is 12.5 Å². The molecule has 1 aromatic carbocycles. The van der Waals surface area contributed by atoms with E-state index in [-0.39, 0.29) is 0 Å². The SMILES string of the molecule is CC(C)Cc1cc(OCc2cccnc2)c2[nH]nc(Nc3nccs3)c2c1. The van der Waals surface area contributed by atoms with Crippen LogP contribution in [0.4, 0.5) is 10.9 Å². The summed E-state index contributed by atoms with van der Waals surface area (Å²) in [7, 11) is 0. The van der Waals surface area contributed by atoms with Gasteiger partial charge in [-0.3, -0.25) is 10.1 Å².